The third-order valence-corrected chi connectivity index (χ3v) is 8.46. The van der Waals surface area contributed by atoms with Gasteiger partial charge in [-0.1, -0.05) is 54.4 Å². The highest BCUT2D eigenvalue weighted by Gasteiger charge is 2.27. The number of nitrogens with one attached hydrogen (secondary N) is 1. The van der Waals surface area contributed by atoms with Crippen molar-refractivity contribution in [2.75, 3.05) is 31.0 Å². The van der Waals surface area contributed by atoms with Crippen LogP contribution in [0.5, 0.6) is 5.75 Å². The molecule has 0 atom stereocenters. The Morgan fingerprint density at radius 2 is 1.65 bits per heavy atom. The van der Waals surface area contributed by atoms with Crippen molar-refractivity contribution < 1.29 is 17.9 Å². The molecule has 37 heavy (non-hydrogen) atoms. The lowest BCUT2D eigenvalue weighted by atomic mass is 10.0. The Bertz CT molecular complexity index is 1300. The monoisotopic (exact) mass is 521 g/mol. The molecule has 1 fully saturated rings. The molecule has 8 heteroatoms. The summed E-state index contributed by atoms with van der Waals surface area (Å²) in [4.78, 5) is 15.7. The summed E-state index contributed by atoms with van der Waals surface area (Å²) in [6.45, 7) is 4.91. The van der Waals surface area contributed by atoms with Crippen LogP contribution in [0.2, 0.25) is 0 Å². The van der Waals surface area contributed by atoms with Crippen LogP contribution in [0.3, 0.4) is 0 Å². The fourth-order valence-corrected chi connectivity index (χ4v) is 5.95. The molecule has 1 aliphatic heterocycles. The maximum absolute atomic E-state index is 13.6. The van der Waals surface area contributed by atoms with E-state index in [0.717, 1.165) is 35.1 Å². The summed E-state index contributed by atoms with van der Waals surface area (Å²) in [5.41, 5.74) is 3.53. The summed E-state index contributed by atoms with van der Waals surface area (Å²) in [6.07, 6.45) is 3.71. The van der Waals surface area contributed by atoms with Crippen molar-refractivity contribution in [3.63, 3.8) is 0 Å². The van der Waals surface area contributed by atoms with Crippen LogP contribution < -0.4 is 14.4 Å². The highest BCUT2D eigenvalue weighted by Crippen LogP contribution is 2.27. The maximum atomic E-state index is 13.6. The van der Waals surface area contributed by atoms with E-state index in [4.69, 9.17) is 4.74 Å². The largest absolute Gasteiger partial charge is 0.497 e. The average molecular weight is 522 g/mol. The van der Waals surface area contributed by atoms with Crippen molar-refractivity contribution in [3.8, 4) is 5.75 Å². The van der Waals surface area contributed by atoms with E-state index in [1.807, 2.05) is 25.1 Å². The number of nitrogens with zero attached hydrogens (tertiary/aromatic N) is 2. The van der Waals surface area contributed by atoms with Gasteiger partial charge < -0.3 is 10.1 Å². The number of likely N-dealkylation sites (tertiary alicyclic amines) is 1. The Labute approximate surface area is 220 Å². The standard InChI is InChI=1S/C29H35N3O4S/c1-23-13-15-28(16-14-23)37(34,35)32(26-11-8-12-27(19-26)36-2)22-29(33)30-20-24-9-4-5-10-25(24)21-31-17-6-3-7-18-31/h4-5,8-16,19H,3,6-7,17-18,20-22H2,1-2H3,(H,30,33). The molecule has 3 aromatic carbocycles. The van der Waals surface area contributed by atoms with Crippen LogP contribution in [0.15, 0.2) is 77.7 Å². The zero-order valence-electron chi connectivity index (χ0n) is 21.5. The van der Waals surface area contributed by atoms with E-state index in [0.29, 0.717) is 18.0 Å². The third kappa shape index (κ3) is 6.90. The minimum Gasteiger partial charge on any atom is -0.497 e. The number of anilines is 1. The first-order chi connectivity index (χ1) is 17.9. The number of hydrogen-bond donors (Lipinski definition) is 1. The van der Waals surface area contributed by atoms with E-state index in [1.165, 1.54) is 31.9 Å². The summed E-state index contributed by atoms with van der Waals surface area (Å²) in [5.74, 6) is 0.125. The summed E-state index contributed by atoms with van der Waals surface area (Å²) in [6, 6.07) is 21.4. The number of carbonyl (C=O) groups excluding carboxylic acids is 1. The molecule has 0 saturated carbocycles. The van der Waals surface area contributed by atoms with Crippen molar-refractivity contribution in [2.45, 2.75) is 44.2 Å². The molecule has 0 aromatic heterocycles. The van der Waals surface area contributed by atoms with Gasteiger partial charge in [0.1, 0.15) is 12.3 Å². The summed E-state index contributed by atoms with van der Waals surface area (Å²) >= 11 is 0. The van der Waals surface area contributed by atoms with E-state index in [-0.39, 0.29) is 17.3 Å². The molecule has 0 bridgehead atoms. The first-order valence-electron chi connectivity index (χ1n) is 12.7. The summed E-state index contributed by atoms with van der Waals surface area (Å²) in [5, 5.41) is 2.94. The minimum atomic E-state index is -3.99. The summed E-state index contributed by atoms with van der Waals surface area (Å²) < 4.78 is 33.7. The second kappa shape index (κ2) is 12.3. The average Bonchev–Trinajstić information content (AvgIpc) is 2.92. The number of piperidine rings is 1. The Hall–Kier alpha value is -3.36. The van der Waals surface area contributed by atoms with Crippen LogP contribution in [0.25, 0.3) is 0 Å². The van der Waals surface area contributed by atoms with Crippen molar-refractivity contribution >= 4 is 21.6 Å². The zero-order chi connectivity index (χ0) is 26.3. The number of rotatable bonds is 10. The lowest BCUT2D eigenvalue weighted by molar-refractivity contribution is -0.119. The lowest BCUT2D eigenvalue weighted by Crippen LogP contribution is -2.40. The Kier molecular flexibility index (Phi) is 8.84. The van der Waals surface area contributed by atoms with E-state index in [2.05, 4.69) is 16.3 Å². The molecule has 7 nitrogen and oxygen atoms in total. The molecule has 1 aliphatic rings. The molecule has 1 heterocycles. The molecular weight excluding hydrogens is 486 g/mol. The number of methoxy groups -OCH3 is 1. The second-order valence-corrected chi connectivity index (χ2v) is 11.3. The van der Waals surface area contributed by atoms with Crippen LogP contribution in [-0.4, -0.2) is 46.0 Å². The van der Waals surface area contributed by atoms with Gasteiger partial charge in [-0.15, -0.1) is 0 Å². The maximum Gasteiger partial charge on any atom is 0.264 e. The molecule has 4 rings (SSSR count). The van der Waals surface area contributed by atoms with Gasteiger partial charge in [0, 0.05) is 19.2 Å². The number of sulfonamides is 1. The van der Waals surface area contributed by atoms with Crippen molar-refractivity contribution in [2.24, 2.45) is 0 Å². The van der Waals surface area contributed by atoms with Crippen molar-refractivity contribution in [3.05, 3.63) is 89.5 Å². The van der Waals surface area contributed by atoms with E-state index in [9.17, 15) is 13.2 Å². The van der Waals surface area contributed by atoms with Crippen molar-refractivity contribution in [1.29, 1.82) is 0 Å². The SMILES string of the molecule is COc1cccc(N(CC(=O)NCc2ccccc2CN2CCCCC2)S(=O)(=O)c2ccc(C)cc2)c1. The molecule has 3 aromatic rings. The van der Waals surface area contributed by atoms with Gasteiger partial charge in [0.2, 0.25) is 5.91 Å². The second-order valence-electron chi connectivity index (χ2n) is 9.41. The van der Waals surface area contributed by atoms with Gasteiger partial charge in [-0.3, -0.25) is 14.0 Å². The zero-order valence-corrected chi connectivity index (χ0v) is 22.3. The minimum absolute atomic E-state index is 0.126. The predicted octanol–water partition coefficient (Wildman–Crippen LogP) is 4.50. The Morgan fingerprint density at radius 1 is 0.946 bits per heavy atom. The van der Waals surface area contributed by atoms with Gasteiger partial charge in [-0.25, -0.2) is 8.42 Å². The normalized spacial score (nSPS) is 14.2. The van der Waals surface area contributed by atoms with Gasteiger partial charge in [0.25, 0.3) is 10.0 Å². The van der Waals surface area contributed by atoms with E-state index >= 15 is 0 Å². The topological polar surface area (TPSA) is 79.0 Å². The molecule has 0 unspecified atom stereocenters. The fourth-order valence-electron chi connectivity index (χ4n) is 4.54. The number of hydrogen-bond acceptors (Lipinski definition) is 5. The number of aryl methyl sites for hydroxylation is 1. The lowest BCUT2D eigenvalue weighted by Gasteiger charge is -2.27. The van der Waals surface area contributed by atoms with Gasteiger partial charge >= 0.3 is 0 Å². The van der Waals surface area contributed by atoms with Crippen LogP contribution in [0, 0.1) is 6.92 Å². The van der Waals surface area contributed by atoms with Crippen molar-refractivity contribution in [1.82, 2.24) is 10.2 Å². The smallest absolute Gasteiger partial charge is 0.264 e. The molecule has 1 saturated heterocycles. The fraction of sp³-hybridized carbons (Fsp3) is 0.345. The van der Waals surface area contributed by atoms with Crippen LogP contribution in [-0.2, 0) is 27.9 Å². The van der Waals surface area contributed by atoms with Crippen LogP contribution >= 0.6 is 0 Å². The van der Waals surface area contributed by atoms with E-state index in [1.54, 1.807) is 48.5 Å². The van der Waals surface area contributed by atoms with E-state index < -0.39 is 10.0 Å². The number of benzene rings is 3. The van der Waals surface area contributed by atoms with Gasteiger partial charge in [-0.2, -0.15) is 0 Å². The Morgan fingerprint density at radius 3 is 2.35 bits per heavy atom. The predicted molar refractivity (Wildman–Crippen MR) is 146 cm³/mol. The van der Waals surface area contributed by atoms with Gasteiger partial charge in [-0.05, 0) is 68.2 Å². The first-order valence-corrected chi connectivity index (χ1v) is 14.1. The first kappa shape index (κ1) is 26.7. The van der Waals surface area contributed by atoms with Gasteiger partial charge in [0.15, 0.2) is 0 Å². The molecule has 0 spiro atoms. The third-order valence-electron chi connectivity index (χ3n) is 6.67. The molecule has 1 amide bonds. The molecule has 0 aliphatic carbocycles. The molecule has 196 valence electrons. The molecular formula is C29H35N3O4S. The van der Waals surface area contributed by atoms with Crippen LogP contribution in [0.4, 0.5) is 5.69 Å². The summed E-state index contributed by atoms with van der Waals surface area (Å²) in [7, 11) is -2.47. The van der Waals surface area contributed by atoms with Gasteiger partial charge in [0.05, 0.1) is 17.7 Å². The molecule has 1 N–H and O–H groups in total. The highest BCUT2D eigenvalue weighted by molar-refractivity contribution is 7.92. The number of carbonyl (C=O) groups is 1. The quantitative estimate of drug-likeness (QED) is 0.425. The number of ether oxygens (including phenoxy) is 1. The Balaban J connectivity index is 1.52. The highest BCUT2D eigenvalue weighted by atomic mass is 32.2. The molecule has 0 radical (unpaired) electrons. The van der Waals surface area contributed by atoms with Crippen LogP contribution in [0.1, 0.15) is 36.0 Å². The number of amides is 1.